The number of aromatic nitrogens is 1. The molecule has 96 valence electrons. The average molecular weight is 260 g/mol. The van der Waals surface area contributed by atoms with Crippen LogP contribution in [0.4, 0.5) is 17.1 Å². The van der Waals surface area contributed by atoms with Crippen LogP contribution in [0.15, 0.2) is 42.7 Å². The zero-order chi connectivity index (χ0) is 13.8. The number of carboxylic acid groups (broad SMARTS) is 1. The summed E-state index contributed by atoms with van der Waals surface area (Å²) in [7, 11) is 0. The summed E-state index contributed by atoms with van der Waals surface area (Å²) in [5, 5.41) is 20.7. The molecular formula is C12H10N3O4+. The maximum absolute atomic E-state index is 11.1. The monoisotopic (exact) mass is 260 g/mol. The minimum atomic E-state index is -1.18. The Morgan fingerprint density at radius 1 is 1.21 bits per heavy atom. The molecule has 0 unspecified atom stereocenters. The molecule has 19 heavy (non-hydrogen) atoms. The first-order chi connectivity index (χ1) is 9.08. The highest BCUT2D eigenvalue weighted by atomic mass is 16.6. The first-order valence-electron chi connectivity index (χ1n) is 5.28. The standard InChI is InChI=1S/C12H9N3O4/c16-12(17)8-1-2-10(11(7-8)15(18)19)14-9-3-5-13-6-4-9/h1-7H,(H2-,13,14,16,17,18,19)/p+1. The number of anilines is 2. The molecule has 7 heteroatoms. The Morgan fingerprint density at radius 3 is 2.47 bits per heavy atom. The van der Waals surface area contributed by atoms with Crippen LogP contribution in [-0.4, -0.2) is 26.2 Å². The normalized spacial score (nSPS) is 9.89. The summed E-state index contributed by atoms with van der Waals surface area (Å²) in [6.07, 6.45) is 3.11. The Balaban J connectivity index is 2.40. The summed E-state index contributed by atoms with van der Waals surface area (Å²) < 4.78 is 0. The molecule has 0 saturated heterocycles. The van der Waals surface area contributed by atoms with E-state index in [-0.39, 0.29) is 21.9 Å². The van der Waals surface area contributed by atoms with Gasteiger partial charge in [-0.25, -0.2) is 10.0 Å². The van der Waals surface area contributed by atoms with Crippen LogP contribution in [0, 0.1) is 4.91 Å². The van der Waals surface area contributed by atoms with Gasteiger partial charge < -0.3 is 10.4 Å². The number of benzene rings is 1. The number of rotatable bonds is 4. The molecule has 1 heterocycles. The van der Waals surface area contributed by atoms with Gasteiger partial charge in [0.1, 0.15) is 5.69 Å². The molecule has 2 aromatic rings. The van der Waals surface area contributed by atoms with Crippen molar-refractivity contribution < 1.29 is 20.0 Å². The Labute approximate surface area is 107 Å². The van der Waals surface area contributed by atoms with Crippen LogP contribution in [0.3, 0.4) is 0 Å². The fourth-order valence-electron chi connectivity index (χ4n) is 1.52. The first kappa shape index (κ1) is 12.5. The highest BCUT2D eigenvalue weighted by Gasteiger charge is 2.21. The van der Waals surface area contributed by atoms with Gasteiger partial charge in [0.2, 0.25) is 0 Å². The Kier molecular flexibility index (Phi) is 3.37. The molecule has 0 saturated carbocycles. The predicted molar refractivity (Wildman–Crippen MR) is 66.0 cm³/mol. The second kappa shape index (κ2) is 5.13. The lowest BCUT2D eigenvalue weighted by Crippen LogP contribution is -2.03. The van der Waals surface area contributed by atoms with Crippen molar-refractivity contribution >= 4 is 23.0 Å². The Bertz CT molecular complexity index is 628. The van der Waals surface area contributed by atoms with Gasteiger partial charge in [0.05, 0.1) is 10.5 Å². The summed E-state index contributed by atoms with van der Waals surface area (Å²) in [5.74, 6) is -1.18. The molecule has 1 aromatic carbocycles. The molecule has 0 atom stereocenters. The Morgan fingerprint density at radius 2 is 1.89 bits per heavy atom. The zero-order valence-corrected chi connectivity index (χ0v) is 9.65. The number of nitrogens with one attached hydrogen (secondary N) is 1. The maximum Gasteiger partial charge on any atom is 0.340 e. The van der Waals surface area contributed by atoms with E-state index in [0.29, 0.717) is 5.69 Å². The van der Waals surface area contributed by atoms with Crippen LogP contribution < -0.4 is 5.32 Å². The molecule has 0 bridgehead atoms. The fourth-order valence-corrected chi connectivity index (χ4v) is 1.52. The summed E-state index contributed by atoms with van der Waals surface area (Å²) in [5.41, 5.74) is 0.664. The van der Waals surface area contributed by atoms with Gasteiger partial charge in [0.15, 0.2) is 0 Å². The number of pyridine rings is 1. The maximum atomic E-state index is 11.1. The topological polar surface area (TPSA) is 103 Å². The number of aromatic carboxylic acids is 1. The second-order valence-corrected chi connectivity index (χ2v) is 3.67. The third-order valence-electron chi connectivity index (χ3n) is 2.41. The van der Waals surface area contributed by atoms with Gasteiger partial charge in [-0.3, -0.25) is 4.98 Å². The number of carbonyl (C=O) groups is 1. The van der Waals surface area contributed by atoms with Gasteiger partial charge in [-0.2, -0.15) is 0 Å². The van der Waals surface area contributed by atoms with Crippen molar-refractivity contribution in [1.82, 2.24) is 4.98 Å². The number of nitrogens with zero attached hydrogens (tertiary/aromatic N) is 2. The van der Waals surface area contributed by atoms with E-state index >= 15 is 0 Å². The van der Waals surface area contributed by atoms with Crippen molar-refractivity contribution in [3.8, 4) is 0 Å². The van der Waals surface area contributed by atoms with Gasteiger partial charge in [-0.15, -0.1) is 0 Å². The van der Waals surface area contributed by atoms with Crippen LogP contribution in [-0.2, 0) is 0 Å². The summed E-state index contributed by atoms with van der Waals surface area (Å²) >= 11 is 0. The summed E-state index contributed by atoms with van der Waals surface area (Å²) in [6, 6.07) is 7.15. The van der Waals surface area contributed by atoms with Crippen molar-refractivity contribution in [3.63, 3.8) is 0 Å². The van der Waals surface area contributed by atoms with E-state index in [1.165, 1.54) is 12.1 Å². The quantitative estimate of drug-likeness (QED) is 0.729. The Hall–Kier alpha value is -2.96. The third kappa shape index (κ3) is 2.83. The third-order valence-corrected chi connectivity index (χ3v) is 2.41. The number of hydrogen-bond acceptors (Lipinski definition) is 4. The zero-order valence-electron chi connectivity index (χ0n) is 9.65. The van der Waals surface area contributed by atoms with E-state index in [1.54, 1.807) is 24.5 Å². The van der Waals surface area contributed by atoms with Crippen LogP contribution in [0.25, 0.3) is 0 Å². The molecule has 1 aromatic heterocycles. The molecule has 3 N–H and O–H groups in total. The van der Waals surface area contributed by atoms with E-state index in [1.807, 2.05) is 0 Å². The van der Waals surface area contributed by atoms with E-state index in [9.17, 15) is 9.70 Å². The summed E-state index contributed by atoms with van der Waals surface area (Å²) in [4.78, 5) is 25.3. The minimum absolute atomic E-state index is 0.0924. The van der Waals surface area contributed by atoms with Crippen LogP contribution in [0.5, 0.6) is 0 Å². The molecular weight excluding hydrogens is 250 g/mol. The minimum Gasteiger partial charge on any atom is -0.478 e. The lowest BCUT2D eigenvalue weighted by Gasteiger charge is -2.05. The van der Waals surface area contributed by atoms with Gasteiger partial charge >= 0.3 is 11.7 Å². The molecule has 7 nitrogen and oxygen atoms in total. The first-order valence-corrected chi connectivity index (χ1v) is 5.28. The highest BCUT2D eigenvalue weighted by Crippen LogP contribution is 2.28. The van der Waals surface area contributed by atoms with Gasteiger partial charge in [0.25, 0.3) is 4.92 Å². The molecule has 0 aliphatic rings. The molecule has 0 amide bonds. The van der Waals surface area contributed by atoms with Crippen LogP contribution in [0.1, 0.15) is 10.4 Å². The smallest absolute Gasteiger partial charge is 0.340 e. The van der Waals surface area contributed by atoms with Crippen LogP contribution >= 0.6 is 0 Å². The predicted octanol–water partition coefficient (Wildman–Crippen LogP) is 2.32. The molecule has 0 fully saturated rings. The van der Waals surface area contributed by atoms with E-state index in [4.69, 9.17) is 10.3 Å². The van der Waals surface area contributed by atoms with Crippen molar-refractivity contribution in [2.75, 3.05) is 5.32 Å². The van der Waals surface area contributed by atoms with Crippen LogP contribution in [0.2, 0.25) is 0 Å². The van der Waals surface area contributed by atoms with E-state index in [2.05, 4.69) is 10.3 Å². The van der Waals surface area contributed by atoms with E-state index in [0.717, 1.165) is 6.07 Å². The molecule has 2 rings (SSSR count). The number of carboxylic acids is 1. The summed E-state index contributed by atoms with van der Waals surface area (Å²) in [6.45, 7) is 0. The lowest BCUT2D eigenvalue weighted by molar-refractivity contribution is -0.729. The molecule has 0 aliphatic heterocycles. The van der Waals surface area contributed by atoms with Gasteiger partial charge in [-0.05, 0) is 24.3 Å². The average Bonchev–Trinajstić information content (AvgIpc) is 2.39. The van der Waals surface area contributed by atoms with Gasteiger partial charge in [0, 0.05) is 24.1 Å². The van der Waals surface area contributed by atoms with Crippen molar-refractivity contribution in [3.05, 3.63) is 53.2 Å². The second-order valence-electron chi connectivity index (χ2n) is 3.67. The van der Waals surface area contributed by atoms with Crippen molar-refractivity contribution in [2.24, 2.45) is 0 Å². The fraction of sp³-hybridized carbons (Fsp3) is 0. The van der Waals surface area contributed by atoms with E-state index < -0.39 is 5.97 Å². The molecule has 0 radical (unpaired) electrons. The largest absolute Gasteiger partial charge is 0.478 e. The molecule has 0 aliphatic carbocycles. The van der Waals surface area contributed by atoms with Crippen molar-refractivity contribution in [1.29, 1.82) is 0 Å². The number of hydrogen-bond donors (Lipinski definition) is 3. The molecule has 0 spiro atoms. The van der Waals surface area contributed by atoms with Gasteiger partial charge in [-0.1, -0.05) is 0 Å². The SMILES string of the molecule is O=C(O)c1ccc(Nc2ccncc2)c([N+](=O)O)c1. The lowest BCUT2D eigenvalue weighted by atomic mass is 10.1. The van der Waals surface area contributed by atoms with Crippen molar-refractivity contribution in [2.45, 2.75) is 0 Å². The highest BCUT2D eigenvalue weighted by molar-refractivity contribution is 5.90.